The van der Waals surface area contributed by atoms with Crippen LogP contribution in [-0.2, 0) is 0 Å². The average molecular weight is 234 g/mol. The monoisotopic (exact) mass is 234 g/mol. The summed E-state index contributed by atoms with van der Waals surface area (Å²) < 4.78 is 1.15. The molecule has 5 N–H and O–H groups in total. The molecule has 0 aliphatic heterocycles. The van der Waals surface area contributed by atoms with Gasteiger partial charge in [0.2, 0.25) is 0 Å². The fourth-order valence-electron chi connectivity index (χ4n) is 1.70. The number of nitrogens with one attached hydrogen (secondary N) is 1. The summed E-state index contributed by atoms with van der Waals surface area (Å²) in [5.74, 6) is 0. The molecule has 0 aliphatic carbocycles. The minimum absolute atomic E-state index is 0.287. The lowest BCUT2D eigenvalue weighted by Gasteiger charge is -2.13. The lowest BCUT2D eigenvalue weighted by atomic mass is 10.2. The van der Waals surface area contributed by atoms with Crippen LogP contribution in [0.4, 0.5) is 5.69 Å². The minimum Gasteiger partial charge on any atom is -0.399 e. The third-order valence-corrected chi connectivity index (χ3v) is 2.71. The van der Waals surface area contributed by atoms with Crippen molar-refractivity contribution in [2.75, 3.05) is 5.73 Å². The maximum absolute atomic E-state index is 12.1. The highest BCUT2D eigenvalue weighted by molar-refractivity contribution is 5.83. The molecule has 6 heteroatoms. The molecule has 0 radical (unpaired) electrons. The second kappa shape index (κ2) is 4.06. The molecular formula is C11H14N4O2. The molecule has 0 amide bonds. The van der Waals surface area contributed by atoms with Gasteiger partial charge in [0.1, 0.15) is 6.17 Å². The predicted molar refractivity (Wildman–Crippen MR) is 66.8 cm³/mol. The van der Waals surface area contributed by atoms with E-state index in [4.69, 9.17) is 11.5 Å². The van der Waals surface area contributed by atoms with Crippen molar-refractivity contribution in [1.82, 2.24) is 9.78 Å². The molecular weight excluding hydrogens is 220 g/mol. The number of H-pyrrole nitrogens is 1. The van der Waals surface area contributed by atoms with Crippen LogP contribution in [0.3, 0.4) is 0 Å². The van der Waals surface area contributed by atoms with Gasteiger partial charge in [-0.25, -0.2) is 4.68 Å². The van der Waals surface area contributed by atoms with E-state index in [0.717, 1.165) is 4.68 Å². The van der Waals surface area contributed by atoms with Crippen LogP contribution in [0.15, 0.2) is 27.8 Å². The summed E-state index contributed by atoms with van der Waals surface area (Å²) in [4.78, 5) is 23.9. The van der Waals surface area contributed by atoms with Crippen molar-refractivity contribution in [2.24, 2.45) is 5.73 Å². The van der Waals surface area contributed by atoms with E-state index < -0.39 is 6.17 Å². The van der Waals surface area contributed by atoms with E-state index in [1.807, 2.05) is 6.92 Å². The van der Waals surface area contributed by atoms with Gasteiger partial charge in [-0.2, -0.15) is 0 Å². The second-order valence-electron chi connectivity index (χ2n) is 3.90. The Hall–Kier alpha value is -2.08. The Morgan fingerprint density at radius 3 is 2.71 bits per heavy atom. The maximum Gasteiger partial charge on any atom is 0.274 e. The highest BCUT2D eigenvalue weighted by Crippen LogP contribution is 2.10. The van der Waals surface area contributed by atoms with Crippen molar-refractivity contribution >= 4 is 16.5 Å². The second-order valence-corrected chi connectivity index (χ2v) is 3.90. The molecule has 2 aromatic rings. The highest BCUT2D eigenvalue weighted by atomic mass is 16.2. The molecule has 0 bridgehead atoms. The van der Waals surface area contributed by atoms with Crippen LogP contribution in [0.5, 0.6) is 0 Å². The van der Waals surface area contributed by atoms with Crippen LogP contribution in [-0.4, -0.2) is 9.78 Å². The fourth-order valence-corrected chi connectivity index (χ4v) is 1.70. The number of fused-ring (bicyclic) bond motifs is 1. The summed E-state index contributed by atoms with van der Waals surface area (Å²) in [6.07, 6.45) is 0.0215. The van der Waals surface area contributed by atoms with Gasteiger partial charge in [0, 0.05) is 5.69 Å². The smallest absolute Gasteiger partial charge is 0.274 e. The number of nitrogen functional groups attached to an aromatic ring is 1. The van der Waals surface area contributed by atoms with Crippen LogP contribution in [0.25, 0.3) is 10.8 Å². The molecule has 1 aromatic heterocycles. The number of hydrogen-bond donors (Lipinski definition) is 3. The number of hydrogen-bond acceptors (Lipinski definition) is 4. The molecule has 0 fully saturated rings. The van der Waals surface area contributed by atoms with Gasteiger partial charge in [-0.15, -0.1) is 0 Å². The summed E-state index contributed by atoms with van der Waals surface area (Å²) in [6, 6.07) is 4.61. The first-order chi connectivity index (χ1) is 8.04. The van der Waals surface area contributed by atoms with E-state index in [0.29, 0.717) is 17.5 Å². The molecule has 0 spiro atoms. The summed E-state index contributed by atoms with van der Waals surface area (Å²) >= 11 is 0. The van der Waals surface area contributed by atoms with Crippen molar-refractivity contribution in [1.29, 1.82) is 0 Å². The van der Waals surface area contributed by atoms with Crippen LogP contribution in [0, 0.1) is 0 Å². The van der Waals surface area contributed by atoms with Gasteiger partial charge in [-0.1, -0.05) is 6.92 Å². The zero-order valence-electron chi connectivity index (χ0n) is 9.43. The largest absolute Gasteiger partial charge is 0.399 e. The molecule has 2 rings (SSSR count). The number of aromatic nitrogens is 2. The maximum atomic E-state index is 12.1. The highest BCUT2D eigenvalue weighted by Gasteiger charge is 2.11. The summed E-state index contributed by atoms with van der Waals surface area (Å²) in [5.41, 5.74) is 11.1. The van der Waals surface area contributed by atoms with Crippen LogP contribution in [0.2, 0.25) is 0 Å². The number of aromatic amines is 1. The van der Waals surface area contributed by atoms with Crippen LogP contribution in [0.1, 0.15) is 19.5 Å². The Bertz CT molecular complexity index is 671. The van der Waals surface area contributed by atoms with Crippen molar-refractivity contribution in [3.8, 4) is 0 Å². The van der Waals surface area contributed by atoms with Gasteiger partial charge >= 0.3 is 0 Å². The molecule has 0 saturated heterocycles. The molecule has 1 atom stereocenters. The van der Waals surface area contributed by atoms with E-state index in [-0.39, 0.29) is 16.5 Å². The average Bonchev–Trinajstić information content (AvgIpc) is 2.32. The number of nitrogens with two attached hydrogens (primary N) is 2. The van der Waals surface area contributed by atoms with Gasteiger partial charge in [-0.05, 0) is 24.6 Å². The summed E-state index contributed by atoms with van der Waals surface area (Å²) in [6.45, 7) is 1.84. The predicted octanol–water partition coefficient (Wildman–Crippen LogP) is 0.139. The summed E-state index contributed by atoms with van der Waals surface area (Å²) in [7, 11) is 0. The normalized spacial score (nSPS) is 12.8. The number of rotatable bonds is 2. The first-order valence-electron chi connectivity index (χ1n) is 5.34. The van der Waals surface area contributed by atoms with Crippen LogP contribution >= 0.6 is 0 Å². The first-order valence-corrected chi connectivity index (χ1v) is 5.34. The first kappa shape index (κ1) is 11.4. The van der Waals surface area contributed by atoms with Crippen LogP contribution < -0.4 is 22.6 Å². The van der Waals surface area contributed by atoms with E-state index in [2.05, 4.69) is 5.10 Å². The zero-order chi connectivity index (χ0) is 12.6. The van der Waals surface area contributed by atoms with Gasteiger partial charge in [0.25, 0.3) is 11.1 Å². The Kier molecular flexibility index (Phi) is 2.72. The molecule has 0 saturated carbocycles. The summed E-state index contributed by atoms with van der Waals surface area (Å²) in [5, 5.41) is 3.08. The zero-order valence-corrected chi connectivity index (χ0v) is 9.43. The Morgan fingerprint density at radius 1 is 1.35 bits per heavy atom. The van der Waals surface area contributed by atoms with Crippen molar-refractivity contribution in [3.05, 3.63) is 38.9 Å². The molecule has 1 aromatic carbocycles. The molecule has 0 aliphatic rings. The van der Waals surface area contributed by atoms with Gasteiger partial charge in [0.05, 0.1) is 10.8 Å². The number of nitrogens with zero attached hydrogens (tertiary/aromatic N) is 1. The topological polar surface area (TPSA) is 107 Å². The Labute approximate surface area is 96.8 Å². The Balaban J connectivity index is 2.86. The molecule has 1 unspecified atom stereocenters. The van der Waals surface area contributed by atoms with Crippen molar-refractivity contribution < 1.29 is 0 Å². The Morgan fingerprint density at radius 2 is 2.06 bits per heavy atom. The van der Waals surface area contributed by atoms with E-state index in [1.54, 1.807) is 12.1 Å². The van der Waals surface area contributed by atoms with Crippen molar-refractivity contribution in [3.63, 3.8) is 0 Å². The standard InChI is InChI=1S/C11H14N4O2/c1-2-9(13)15-11(17)7-4-3-6(12)5-8(7)10(16)14-15/h3-5,9H,2,12-13H2,1H3,(H,14,16). The molecule has 90 valence electrons. The van der Waals surface area contributed by atoms with E-state index >= 15 is 0 Å². The lowest BCUT2D eigenvalue weighted by Crippen LogP contribution is -2.36. The van der Waals surface area contributed by atoms with Gasteiger partial charge < -0.3 is 11.5 Å². The van der Waals surface area contributed by atoms with E-state index in [9.17, 15) is 9.59 Å². The molecule has 6 nitrogen and oxygen atoms in total. The third kappa shape index (κ3) is 1.83. The number of benzene rings is 1. The minimum atomic E-state index is -0.530. The third-order valence-electron chi connectivity index (χ3n) is 2.71. The quantitative estimate of drug-likeness (QED) is 0.642. The van der Waals surface area contributed by atoms with E-state index in [1.165, 1.54) is 6.07 Å². The molecule has 17 heavy (non-hydrogen) atoms. The fraction of sp³-hybridized carbons (Fsp3) is 0.273. The van der Waals surface area contributed by atoms with Gasteiger partial charge in [-0.3, -0.25) is 14.7 Å². The van der Waals surface area contributed by atoms with Crippen molar-refractivity contribution in [2.45, 2.75) is 19.5 Å². The SMILES string of the molecule is CCC(N)n1[nH]c(=O)c2cc(N)ccc2c1=O. The number of anilines is 1. The lowest BCUT2D eigenvalue weighted by molar-refractivity contribution is 0.434. The van der Waals surface area contributed by atoms with Gasteiger partial charge in [0.15, 0.2) is 0 Å². The molecule has 1 heterocycles.